The van der Waals surface area contributed by atoms with E-state index in [1.165, 1.54) is 126 Å². The van der Waals surface area contributed by atoms with Crippen LogP contribution >= 0.6 is 0 Å². The standard InChI is InChI=1S/C74H68BN3/c1-71(2,3)47-31-32-66-61(40-47)63-41-50(74(10,11)12)42-64-62-43-54(76(51-23-15-13-16-24-51)52-25-17-14-18-26-52)44-68-69(62)75(78(66)70(63)64)65-35-45-33-59-57-29-21-19-27-55(57)56-28-20-22-30-58(56)60(59)34-46(45)36-67(65)77(68)53-38-48(72(4,5)6)37-49(39-53)73(7,8)9/h13-44H,1-12H3. The van der Waals surface area contributed by atoms with E-state index >= 15 is 0 Å². The van der Waals surface area contributed by atoms with Gasteiger partial charge in [0, 0.05) is 61.5 Å². The van der Waals surface area contributed by atoms with Crippen LogP contribution in [-0.2, 0) is 21.7 Å². The maximum Gasteiger partial charge on any atom is 0.333 e. The Hall–Kier alpha value is -8.08. The summed E-state index contributed by atoms with van der Waals surface area (Å²) >= 11 is 0. The van der Waals surface area contributed by atoms with Crippen molar-refractivity contribution in [3.8, 4) is 11.1 Å². The number of nitrogens with zero attached hydrogens (tertiary/aromatic N) is 3. The molecule has 1 aromatic heterocycles. The van der Waals surface area contributed by atoms with Gasteiger partial charge in [-0.1, -0.05) is 186 Å². The first-order valence-electron chi connectivity index (χ1n) is 28.2. The zero-order chi connectivity index (χ0) is 53.9. The lowest BCUT2D eigenvalue weighted by molar-refractivity contribution is 0.569. The van der Waals surface area contributed by atoms with Crippen molar-refractivity contribution in [1.82, 2.24) is 4.48 Å². The number of fused-ring (bicyclic) bond motifs is 14. The van der Waals surface area contributed by atoms with Gasteiger partial charge in [0.1, 0.15) is 0 Å². The van der Waals surface area contributed by atoms with Crippen molar-refractivity contribution >= 4 is 117 Å². The number of aromatic nitrogens is 1. The van der Waals surface area contributed by atoms with Crippen LogP contribution < -0.4 is 20.7 Å². The third-order valence-corrected chi connectivity index (χ3v) is 17.4. The van der Waals surface area contributed by atoms with Crippen LogP contribution in [0.1, 0.15) is 105 Å². The Bertz CT molecular complexity index is 4400. The van der Waals surface area contributed by atoms with Crippen LogP contribution in [0.2, 0.25) is 0 Å². The maximum absolute atomic E-state index is 2.76. The molecule has 3 heterocycles. The van der Waals surface area contributed by atoms with E-state index in [-0.39, 0.29) is 28.5 Å². The molecule has 14 rings (SSSR count). The Balaban J connectivity index is 1.19. The molecular formula is C74H68BN3. The second kappa shape index (κ2) is 16.7. The fraction of sp³-hybridized carbons (Fsp3) is 0.216. The Morgan fingerprint density at radius 2 is 0.833 bits per heavy atom. The van der Waals surface area contributed by atoms with Crippen molar-refractivity contribution in [3.63, 3.8) is 0 Å². The first-order valence-corrected chi connectivity index (χ1v) is 28.2. The highest BCUT2D eigenvalue weighted by Gasteiger charge is 2.44. The molecule has 0 atom stereocenters. The molecule has 78 heavy (non-hydrogen) atoms. The predicted octanol–water partition coefficient (Wildman–Crippen LogP) is 19.5. The molecule has 0 fully saturated rings. The van der Waals surface area contributed by atoms with Crippen LogP contribution in [0.25, 0.3) is 76.0 Å². The van der Waals surface area contributed by atoms with Crippen molar-refractivity contribution in [1.29, 1.82) is 0 Å². The van der Waals surface area contributed by atoms with Crippen molar-refractivity contribution in [2.24, 2.45) is 0 Å². The van der Waals surface area contributed by atoms with Gasteiger partial charge in [-0.05, 0) is 194 Å². The molecule has 11 aromatic carbocycles. The second-order valence-corrected chi connectivity index (χ2v) is 26.7. The van der Waals surface area contributed by atoms with Gasteiger partial charge in [0.05, 0.1) is 0 Å². The molecule has 0 unspecified atom stereocenters. The Kier molecular flexibility index (Phi) is 10.4. The summed E-state index contributed by atoms with van der Waals surface area (Å²) in [7, 11) is 0. The summed E-state index contributed by atoms with van der Waals surface area (Å²) in [6.07, 6.45) is 0. The minimum atomic E-state index is -0.146. The van der Waals surface area contributed by atoms with Crippen LogP contribution in [0.5, 0.6) is 0 Å². The number of rotatable bonds is 4. The topological polar surface area (TPSA) is 11.4 Å². The summed E-state index contributed by atoms with van der Waals surface area (Å²) in [6.45, 7) is 28.2. The van der Waals surface area contributed by atoms with Crippen molar-refractivity contribution in [2.75, 3.05) is 9.80 Å². The Labute approximate surface area is 460 Å². The third kappa shape index (κ3) is 7.39. The van der Waals surface area contributed by atoms with Crippen LogP contribution in [0.4, 0.5) is 34.1 Å². The first kappa shape index (κ1) is 48.3. The summed E-state index contributed by atoms with van der Waals surface area (Å²) < 4.78 is 2.76. The van der Waals surface area contributed by atoms with Gasteiger partial charge in [0.2, 0.25) is 0 Å². The average Bonchev–Trinajstić information content (AvgIpc) is 2.27. The van der Waals surface area contributed by atoms with E-state index < -0.39 is 0 Å². The lowest BCUT2D eigenvalue weighted by atomic mass is 9.45. The van der Waals surface area contributed by atoms with Crippen molar-refractivity contribution in [2.45, 2.75) is 105 Å². The number of hydrogen-bond donors (Lipinski definition) is 0. The number of benzene rings is 11. The predicted molar refractivity (Wildman–Crippen MR) is 339 cm³/mol. The highest BCUT2D eigenvalue weighted by molar-refractivity contribution is 6.90. The fourth-order valence-corrected chi connectivity index (χ4v) is 13.2. The highest BCUT2D eigenvalue weighted by atomic mass is 15.2. The molecule has 2 aliphatic rings. The lowest BCUT2D eigenvalue weighted by Crippen LogP contribution is -2.56. The molecule has 2 aliphatic heterocycles. The average molecular weight is 1010 g/mol. The first-order chi connectivity index (χ1) is 37.2. The summed E-state index contributed by atoms with van der Waals surface area (Å²) in [5, 5.41) is 12.8. The van der Waals surface area contributed by atoms with Gasteiger partial charge in [-0.15, -0.1) is 0 Å². The summed E-state index contributed by atoms with van der Waals surface area (Å²) in [6, 6.07) is 75.0. The van der Waals surface area contributed by atoms with Crippen molar-refractivity contribution in [3.05, 3.63) is 216 Å². The molecule has 0 bridgehead atoms. The van der Waals surface area contributed by atoms with Gasteiger partial charge >= 0.3 is 6.85 Å². The van der Waals surface area contributed by atoms with Gasteiger partial charge in [0.15, 0.2) is 0 Å². The van der Waals surface area contributed by atoms with Gasteiger partial charge in [-0.2, -0.15) is 0 Å². The summed E-state index contributed by atoms with van der Waals surface area (Å²) in [5.74, 6) is 0. The molecule has 3 nitrogen and oxygen atoms in total. The van der Waals surface area contributed by atoms with E-state index in [0.717, 1.165) is 17.1 Å². The van der Waals surface area contributed by atoms with E-state index in [1.54, 1.807) is 0 Å². The molecule has 382 valence electrons. The van der Waals surface area contributed by atoms with E-state index in [0.29, 0.717) is 0 Å². The van der Waals surface area contributed by atoms with Gasteiger partial charge in [-0.25, -0.2) is 0 Å². The van der Waals surface area contributed by atoms with E-state index in [1.807, 2.05) is 0 Å². The van der Waals surface area contributed by atoms with Crippen LogP contribution in [0.15, 0.2) is 194 Å². The van der Waals surface area contributed by atoms with Gasteiger partial charge in [-0.3, -0.25) is 0 Å². The van der Waals surface area contributed by atoms with Crippen LogP contribution in [0, 0.1) is 0 Å². The molecular weight excluding hydrogens is 942 g/mol. The number of para-hydroxylation sites is 2. The zero-order valence-electron chi connectivity index (χ0n) is 47.4. The second-order valence-electron chi connectivity index (χ2n) is 26.7. The summed E-state index contributed by atoms with van der Waals surface area (Å²) in [4.78, 5) is 5.15. The smallest absolute Gasteiger partial charge is 0.333 e. The molecule has 0 N–H and O–H groups in total. The quantitative estimate of drug-likeness (QED) is 0.0989. The van der Waals surface area contributed by atoms with E-state index in [2.05, 4.69) is 291 Å². The maximum atomic E-state index is 2.76. The Morgan fingerprint density at radius 1 is 0.346 bits per heavy atom. The third-order valence-electron chi connectivity index (χ3n) is 17.4. The summed E-state index contributed by atoms with van der Waals surface area (Å²) in [5.41, 5.74) is 19.7. The monoisotopic (exact) mass is 1010 g/mol. The molecule has 12 aromatic rings. The largest absolute Gasteiger partial charge is 0.375 e. The highest BCUT2D eigenvalue weighted by Crippen LogP contribution is 2.52. The van der Waals surface area contributed by atoms with Crippen LogP contribution in [-0.4, -0.2) is 11.3 Å². The number of hydrogen-bond acceptors (Lipinski definition) is 2. The molecule has 0 saturated heterocycles. The molecule has 4 heteroatoms. The Morgan fingerprint density at radius 3 is 1.37 bits per heavy atom. The number of anilines is 6. The zero-order valence-corrected chi connectivity index (χ0v) is 47.4. The van der Waals surface area contributed by atoms with E-state index in [4.69, 9.17) is 0 Å². The molecule has 0 aliphatic carbocycles. The van der Waals surface area contributed by atoms with Crippen LogP contribution in [0.3, 0.4) is 0 Å². The van der Waals surface area contributed by atoms with Crippen molar-refractivity contribution < 1.29 is 0 Å². The van der Waals surface area contributed by atoms with Gasteiger partial charge < -0.3 is 14.3 Å². The molecule has 0 spiro atoms. The minimum absolute atomic E-state index is 0.0285. The molecule has 0 radical (unpaired) electrons. The molecule has 0 saturated carbocycles. The van der Waals surface area contributed by atoms with E-state index in [9.17, 15) is 0 Å². The lowest BCUT2D eigenvalue weighted by Gasteiger charge is -2.42. The fourth-order valence-electron chi connectivity index (χ4n) is 13.2. The molecule has 0 amide bonds. The minimum Gasteiger partial charge on any atom is -0.375 e. The van der Waals surface area contributed by atoms with Gasteiger partial charge in [0.25, 0.3) is 0 Å². The normalized spacial score (nSPS) is 13.6. The SMILES string of the molecule is CC(C)(C)c1cc(N2c3cc4cc5c6ccccc6c6ccccc6c5cc4cc3B3c4c(cc(N(c5ccccc5)c5ccccc5)cc42)-c2cc(C(C)(C)C)cc4c5cc(C(C)(C)C)ccc5n3c24)cc(C(C)(C)C)c1.